The molecule has 5 nitrogen and oxygen atoms in total. The summed E-state index contributed by atoms with van der Waals surface area (Å²) in [5, 5.41) is 3.96. The van der Waals surface area contributed by atoms with Crippen molar-refractivity contribution < 1.29 is 9.53 Å². The van der Waals surface area contributed by atoms with E-state index in [1.165, 1.54) is 11.8 Å². The van der Waals surface area contributed by atoms with E-state index >= 15 is 0 Å². The van der Waals surface area contributed by atoms with Crippen molar-refractivity contribution in [2.45, 2.75) is 4.34 Å². The van der Waals surface area contributed by atoms with E-state index in [9.17, 15) is 4.79 Å². The maximum atomic E-state index is 11.8. The third-order valence-electron chi connectivity index (χ3n) is 3.12. The highest BCUT2D eigenvalue weighted by molar-refractivity contribution is 8.01. The molecule has 1 amide bonds. The summed E-state index contributed by atoms with van der Waals surface area (Å²) in [6, 6.07) is 15.3. The quantitative estimate of drug-likeness (QED) is 0.416. The number of carbonyl (C=O) groups is 1. The number of aromatic nitrogens is 1. The number of fused-ring (bicyclic) bond motifs is 1. The number of methoxy groups -OCH3 is 1. The lowest BCUT2D eigenvalue weighted by atomic mass is 10.2. The number of thioether (sulfide) groups is 1. The van der Waals surface area contributed by atoms with Crippen molar-refractivity contribution >= 4 is 45.4 Å². The number of benzene rings is 2. The summed E-state index contributed by atoms with van der Waals surface area (Å²) in [5.41, 5.74) is 4.36. The minimum absolute atomic E-state index is 0.163. The van der Waals surface area contributed by atoms with Crippen LogP contribution >= 0.6 is 23.1 Å². The van der Waals surface area contributed by atoms with Gasteiger partial charge in [-0.2, -0.15) is 5.10 Å². The van der Waals surface area contributed by atoms with Crippen molar-refractivity contribution in [1.29, 1.82) is 0 Å². The highest BCUT2D eigenvalue weighted by Crippen LogP contribution is 2.28. The number of carbonyl (C=O) groups excluding carboxylic acids is 1. The number of rotatable bonds is 6. The van der Waals surface area contributed by atoms with E-state index in [2.05, 4.69) is 15.5 Å². The fraction of sp³-hybridized carbons (Fsp3) is 0.118. The number of hydrazone groups is 1. The molecule has 0 unspecified atom stereocenters. The molecule has 0 spiro atoms. The van der Waals surface area contributed by atoms with Crippen LogP contribution in [-0.2, 0) is 4.79 Å². The Balaban J connectivity index is 1.49. The lowest BCUT2D eigenvalue weighted by Gasteiger charge is -1.99. The Labute approximate surface area is 147 Å². The van der Waals surface area contributed by atoms with E-state index in [4.69, 9.17) is 4.74 Å². The molecule has 1 heterocycles. The van der Waals surface area contributed by atoms with Crippen LogP contribution in [0.4, 0.5) is 0 Å². The highest BCUT2D eigenvalue weighted by atomic mass is 32.2. The van der Waals surface area contributed by atoms with Gasteiger partial charge in [0, 0.05) is 0 Å². The van der Waals surface area contributed by atoms with Crippen LogP contribution in [0.15, 0.2) is 58.0 Å². The summed E-state index contributed by atoms with van der Waals surface area (Å²) in [7, 11) is 1.62. The fourth-order valence-electron chi connectivity index (χ4n) is 1.94. The number of hydrogen-bond acceptors (Lipinski definition) is 6. The van der Waals surface area contributed by atoms with Gasteiger partial charge in [0.15, 0.2) is 4.34 Å². The SMILES string of the molecule is COc1ccc(C=NNC(=O)CSc2nc3ccccc3s2)cc1. The van der Waals surface area contributed by atoms with Crippen molar-refractivity contribution in [2.24, 2.45) is 5.10 Å². The van der Waals surface area contributed by atoms with Crippen molar-refractivity contribution in [3.8, 4) is 5.75 Å². The Bertz CT molecular complexity index is 827. The smallest absolute Gasteiger partial charge is 0.250 e. The summed E-state index contributed by atoms with van der Waals surface area (Å²) in [5.74, 6) is 0.896. The van der Waals surface area contributed by atoms with E-state index in [-0.39, 0.29) is 11.7 Å². The van der Waals surface area contributed by atoms with Gasteiger partial charge in [-0.3, -0.25) is 4.79 Å². The first-order valence-electron chi connectivity index (χ1n) is 7.19. The van der Waals surface area contributed by atoms with Gasteiger partial charge in [0.2, 0.25) is 0 Å². The molecule has 0 saturated heterocycles. The second kappa shape index (κ2) is 7.94. The zero-order valence-corrected chi connectivity index (χ0v) is 14.6. The average Bonchev–Trinajstić information content (AvgIpc) is 3.03. The van der Waals surface area contributed by atoms with Crippen molar-refractivity contribution in [1.82, 2.24) is 10.4 Å². The van der Waals surface area contributed by atoms with Crippen LogP contribution in [-0.4, -0.2) is 30.0 Å². The second-order valence-electron chi connectivity index (χ2n) is 4.80. The number of nitrogens with zero attached hydrogens (tertiary/aromatic N) is 2. The normalized spacial score (nSPS) is 11.0. The fourth-order valence-corrected chi connectivity index (χ4v) is 3.80. The number of hydrogen-bond donors (Lipinski definition) is 1. The van der Waals surface area contributed by atoms with Gasteiger partial charge in [-0.05, 0) is 42.0 Å². The van der Waals surface area contributed by atoms with Crippen LogP contribution < -0.4 is 10.2 Å². The number of ether oxygens (including phenoxy) is 1. The molecule has 0 aliphatic heterocycles. The Morgan fingerprint density at radius 3 is 2.83 bits per heavy atom. The van der Waals surface area contributed by atoms with Gasteiger partial charge in [-0.15, -0.1) is 11.3 Å². The molecule has 0 atom stereocenters. The molecule has 7 heteroatoms. The lowest BCUT2D eigenvalue weighted by molar-refractivity contribution is -0.118. The van der Waals surface area contributed by atoms with E-state index in [0.29, 0.717) is 0 Å². The summed E-state index contributed by atoms with van der Waals surface area (Å²) < 4.78 is 7.09. The van der Waals surface area contributed by atoms with Crippen LogP contribution in [0.1, 0.15) is 5.56 Å². The van der Waals surface area contributed by atoms with Crippen LogP contribution in [0, 0.1) is 0 Å². The first-order valence-corrected chi connectivity index (χ1v) is 8.99. The molecule has 122 valence electrons. The number of para-hydroxylation sites is 1. The Morgan fingerprint density at radius 2 is 2.08 bits per heavy atom. The van der Waals surface area contributed by atoms with E-state index in [0.717, 1.165) is 25.9 Å². The Morgan fingerprint density at radius 1 is 1.29 bits per heavy atom. The van der Waals surface area contributed by atoms with Gasteiger partial charge < -0.3 is 4.74 Å². The van der Waals surface area contributed by atoms with E-state index in [1.807, 2.05) is 48.5 Å². The predicted octanol–water partition coefficient (Wildman–Crippen LogP) is 3.55. The molecule has 0 aliphatic carbocycles. The van der Waals surface area contributed by atoms with Crippen LogP contribution in [0.2, 0.25) is 0 Å². The standard InChI is InChI=1S/C17H15N3O2S2/c1-22-13-8-6-12(7-9-13)10-18-20-16(21)11-23-17-19-14-4-2-3-5-15(14)24-17/h2-10H,11H2,1H3,(H,20,21). The topological polar surface area (TPSA) is 63.6 Å². The van der Waals surface area contributed by atoms with Gasteiger partial charge >= 0.3 is 0 Å². The molecule has 1 N–H and O–H groups in total. The van der Waals surface area contributed by atoms with E-state index in [1.54, 1.807) is 24.7 Å². The molecule has 0 radical (unpaired) electrons. The van der Waals surface area contributed by atoms with Gasteiger partial charge in [0.05, 0.1) is 29.3 Å². The first-order chi connectivity index (χ1) is 11.7. The molecular formula is C17H15N3O2S2. The van der Waals surface area contributed by atoms with E-state index < -0.39 is 0 Å². The summed E-state index contributed by atoms with van der Waals surface area (Å²) in [6.07, 6.45) is 1.60. The zero-order valence-electron chi connectivity index (χ0n) is 12.9. The minimum atomic E-state index is -0.163. The van der Waals surface area contributed by atoms with Crippen LogP contribution in [0.25, 0.3) is 10.2 Å². The number of nitrogens with one attached hydrogen (secondary N) is 1. The minimum Gasteiger partial charge on any atom is -0.497 e. The molecular weight excluding hydrogens is 342 g/mol. The van der Waals surface area contributed by atoms with Crippen LogP contribution in [0.5, 0.6) is 5.75 Å². The van der Waals surface area contributed by atoms with Gasteiger partial charge in [0.25, 0.3) is 5.91 Å². The summed E-state index contributed by atoms with van der Waals surface area (Å²) in [4.78, 5) is 16.3. The molecule has 3 aromatic rings. The monoisotopic (exact) mass is 357 g/mol. The zero-order chi connectivity index (χ0) is 16.8. The molecule has 0 bridgehead atoms. The second-order valence-corrected chi connectivity index (χ2v) is 7.06. The van der Waals surface area contributed by atoms with Gasteiger partial charge in [0.1, 0.15) is 5.75 Å². The molecule has 0 saturated carbocycles. The molecule has 3 rings (SSSR count). The Kier molecular flexibility index (Phi) is 5.45. The average molecular weight is 357 g/mol. The van der Waals surface area contributed by atoms with Crippen molar-refractivity contribution in [3.05, 3.63) is 54.1 Å². The molecule has 0 fully saturated rings. The number of amides is 1. The van der Waals surface area contributed by atoms with Crippen molar-refractivity contribution in [2.75, 3.05) is 12.9 Å². The van der Waals surface area contributed by atoms with Crippen LogP contribution in [0.3, 0.4) is 0 Å². The van der Waals surface area contributed by atoms with Gasteiger partial charge in [-0.25, -0.2) is 10.4 Å². The molecule has 0 aliphatic rings. The largest absolute Gasteiger partial charge is 0.497 e. The lowest BCUT2D eigenvalue weighted by Crippen LogP contribution is -2.19. The highest BCUT2D eigenvalue weighted by Gasteiger charge is 2.06. The molecule has 24 heavy (non-hydrogen) atoms. The number of thiazole rings is 1. The maximum absolute atomic E-state index is 11.8. The Hall–Kier alpha value is -2.38. The van der Waals surface area contributed by atoms with Crippen molar-refractivity contribution in [3.63, 3.8) is 0 Å². The third kappa shape index (κ3) is 4.33. The summed E-state index contributed by atoms with van der Waals surface area (Å²) in [6.45, 7) is 0. The third-order valence-corrected chi connectivity index (χ3v) is 5.30. The predicted molar refractivity (Wildman–Crippen MR) is 99.1 cm³/mol. The maximum Gasteiger partial charge on any atom is 0.250 e. The molecule has 1 aromatic heterocycles. The molecule has 2 aromatic carbocycles. The first kappa shape index (κ1) is 16.5. The van der Waals surface area contributed by atoms with Gasteiger partial charge in [-0.1, -0.05) is 23.9 Å². The summed E-state index contributed by atoms with van der Waals surface area (Å²) >= 11 is 3.00.